The van der Waals surface area contributed by atoms with Gasteiger partial charge in [-0.2, -0.15) is 5.53 Å². The Hall–Kier alpha value is -2.13. The van der Waals surface area contributed by atoms with Gasteiger partial charge in [-0.25, -0.2) is 22.0 Å². The van der Waals surface area contributed by atoms with Crippen molar-refractivity contribution in [1.29, 1.82) is 5.53 Å². The van der Waals surface area contributed by atoms with Crippen molar-refractivity contribution in [3.63, 3.8) is 0 Å². The summed E-state index contributed by atoms with van der Waals surface area (Å²) in [4.78, 5) is 2.67. The van der Waals surface area contributed by atoms with Gasteiger partial charge in [-0.3, -0.25) is 4.90 Å². The van der Waals surface area contributed by atoms with E-state index in [0.29, 0.717) is 38.4 Å². The summed E-state index contributed by atoms with van der Waals surface area (Å²) in [7, 11) is -8.46. The largest absolute Gasteiger partial charge is 0.395 e. The average Bonchev–Trinajstić information content (AvgIpc) is 2.60. The minimum atomic E-state index is -4.50. The van der Waals surface area contributed by atoms with E-state index in [9.17, 15) is 16.8 Å². The zero-order valence-corrected chi connectivity index (χ0v) is 16.9. The number of nitrogens with two attached hydrogens (primary N) is 2. The first-order chi connectivity index (χ1) is 13.0. The Morgan fingerprint density at radius 2 is 1.82 bits per heavy atom. The van der Waals surface area contributed by atoms with Crippen molar-refractivity contribution in [3.8, 4) is 0 Å². The molecule has 0 radical (unpaired) electrons. The molecule has 1 fully saturated rings. The molecule has 0 spiro atoms. The van der Waals surface area contributed by atoms with Crippen LogP contribution in [0.25, 0.3) is 0 Å². The first-order valence-corrected chi connectivity index (χ1v) is 11.6. The number of primary sulfonamides is 1. The van der Waals surface area contributed by atoms with Gasteiger partial charge in [0.25, 0.3) is 0 Å². The highest BCUT2D eigenvalue weighted by Gasteiger charge is 2.31. The van der Waals surface area contributed by atoms with Crippen molar-refractivity contribution in [1.82, 2.24) is 4.90 Å². The van der Waals surface area contributed by atoms with Crippen molar-refractivity contribution in [2.75, 3.05) is 50.5 Å². The predicted octanol–water partition coefficient (Wildman–Crippen LogP) is -1.50. The molecule has 1 saturated heterocycles. The number of rotatable bonds is 7. The molecule has 0 aliphatic carbocycles. The van der Waals surface area contributed by atoms with Crippen LogP contribution in [-0.2, 0) is 19.9 Å². The van der Waals surface area contributed by atoms with Crippen LogP contribution in [0.2, 0.25) is 0 Å². The van der Waals surface area contributed by atoms with Crippen molar-refractivity contribution in [3.05, 3.63) is 17.7 Å². The van der Waals surface area contributed by atoms with Gasteiger partial charge in [-0.1, -0.05) is 5.22 Å². The molecular weight excluding hydrogens is 410 g/mol. The predicted molar refractivity (Wildman–Crippen MR) is 103 cm³/mol. The van der Waals surface area contributed by atoms with Gasteiger partial charge in [-0.05, 0) is 12.1 Å². The average molecular weight is 434 g/mol. The van der Waals surface area contributed by atoms with Crippen LogP contribution in [0.15, 0.2) is 32.2 Å². The van der Waals surface area contributed by atoms with Crippen LogP contribution in [0, 0.1) is 5.53 Å². The Morgan fingerprint density at radius 3 is 2.29 bits per heavy atom. The van der Waals surface area contributed by atoms with Gasteiger partial charge in [0.05, 0.1) is 17.1 Å². The van der Waals surface area contributed by atoms with E-state index in [2.05, 4.69) is 10.3 Å². The maximum absolute atomic E-state index is 12.3. The molecule has 1 aliphatic heterocycles. The lowest BCUT2D eigenvalue weighted by Crippen LogP contribution is -2.48. The SMILES string of the molecule is CS(=O)(=O)c1ccc(N2CCN(CCO)CC2)c(/C(N)=N/N=N)c1S(N)(=O)=O. The molecule has 0 aromatic heterocycles. The number of hydrogen-bond donors (Lipinski definition) is 4. The zero-order valence-electron chi connectivity index (χ0n) is 15.2. The number of nitrogens with zero attached hydrogens (tertiary/aromatic N) is 4. The van der Waals surface area contributed by atoms with Crippen LogP contribution in [0.3, 0.4) is 0 Å². The molecule has 2 rings (SSSR count). The van der Waals surface area contributed by atoms with E-state index in [4.69, 9.17) is 21.5 Å². The van der Waals surface area contributed by atoms with Gasteiger partial charge in [0, 0.05) is 44.7 Å². The van der Waals surface area contributed by atoms with Crippen molar-refractivity contribution < 1.29 is 21.9 Å². The Kier molecular flexibility index (Phi) is 6.71. The highest BCUT2D eigenvalue weighted by atomic mass is 32.2. The first kappa shape index (κ1) is 22.2. The Balaban J connectivity index is 2.71. The second-order valence-electron chi connectivity index (χ2n) is 6.24. The van der Waals surface area contributed by atoms with E-state index in [0.717, 1.165) is 6.26 Å². The molecule has 0 saturated carbocycles. The number of benzene rings is 1. The number of sulfonamides is 1. The summed E-state index contributed by atoms with van der Waals surface area (Å²) in [5.74, 6) is -0.433. The van der Waals surface area contributed by atoms with E-state index in [-0.39, 0.29) is 12.2 Å². The number of nitrogens with one attached hydrogen (secondary N) is 1. The van der Waals surface area contributed by atoms with E-state index in [1.807, 2.05) is 9.80 Å². The van der Waals surface area contributed by atoms with Crippen molar-refractivity contribution in [2.45, 2.75) is 9.79 Å². The fourth-order valence-corrected chi connectivity index (χ4v) is 5.50. The topological polar surface area (TPSA) is 196 Å². The van der Waals surface area contributed by atoms with Gasteiger partial charge < -0.3 is 15.7 Å². The van der Waals surface area contributed by atoms with Crippen LogP contribution in [0.1, 0.15) is 5.56 Å². The summed E-state index contributed by atoms with van der Waals surface area (Å²) in [5, 5.41) is 20.6. The second kappa shape index (κ2) is 8.48. The molecule has 0 amide bonds. The fourth-order valence-electron chi connectivity index (χ4n) is 3.10. The summed E-state index contributed by atoms with van der Waals surface area (Å²) in [6, 6.07) is 2.60. The molecule has 1 aliphatic rings. The van der Waals surface area contributed by atoms with Crippen LogP contribution in [-0.4, -0.2) is 78.3 Å². The molecule has 0 unspecified atom stereocenters. The van der Waals surface area contributed by atoms with Gasteiger partial charge in [-0.15, -0.1) is 5.10 Å². The minimum absolute atomic E-state index is 0.0223. The van der Waals surface area contributed by atoms with Gasteiger partial charge >= 0.3 is 0 Å². The third-order valence-corrected chi connectivity index (χ3v) is 6.59. The molecule has 1 aromatic rings. The van der Waals surface area contributed by atoms with Gasteiger partial charge in [0.1, 0.15) is 4.90 Å². The van der Waals surface area contributed by atoms with E-state index >= 15 is 0 Å². The van der Waals surface area contributed by atoms with E-state index in [1.165, 1.54) is 12.1 Å². The number of amidine groups is 1. The third kappa shape index (κ3) is 4.82. The molecule has 1 aromatic carbocycles. The van der Waals surface area contributed by atoms with Crippen LogP contribution in [0.5, 0.6) is 0 Å². The number of hydrogen-bond acceptors (Lipinski definition) is 9. The summed E-state index contributed by atoms with van der Waals surface area (Å²) in [6.45, 7) is 2.67. The summed E-state index contributed by atoms with van der Waals surface area (Å²) in [6.07, 6.45) is 0.857. The Morgan fingerprint density at radius 1 is 1.21 bits per heavy atom. The third-order valence-electron chi connectivity index (χ3n) is 4.33. The summed E-state index contributed by atoms with van der Waals surface area (Å²) in [5.41, 5.74) is 12.9. The van der Waals surface area contributed by atoms with Crippen LogP contribution < -0.4 is 15.8 Å². The first-order valence-electron chi connectivity index (χ1n) is 8.19. The van der Waals surface area contributed by atoms with Gasteiger partial charge in [0.15, 0.2) is 15.7 Å². The Bertz CT molecular complexity index is 984. The number of anilines is 1. The van der Waals surface area contributed by atoms with Crippen LogP contribution in [0.4, 0.5) is 5.69 Å². The molecule has 28 heavy (non-hydrogen) atoms. The number of aliphatic hydroxyl groups is 1. The van der Waals surface area contributed by atoms with Gasteiger partial charge in [0.2, 0.25) is 10.0 Å². The lowest BCUT2D eigenvalue weighted by Gasteiger charge is -2.37. The molecule has 6 N–H and O–H groups in total. The lowest BCUT2D eigenvalue weighted by molar-refractivity contribution is 0.189. The molecular formula is C14H23N7O5S2. The van der Waals surface area contributed by atoms with Crippen LogP contribution >= 0.6 is 0 Å². The zero-order chi connectivity index (χ0) is 21.1. The number of sulfone groups is 1. The van der Waals surface area contributed by atoms with Crippen molar-refractivity contribution in [2.24, 2.45) is 21.2 Å². The standard InChI is InChI=1S/C14H23N7O5S2/c1-27(23,24)11-3-2-10(21-6-4-20(5-7-21)8-9-22)12(14(15)18-19-16)13(11)28(17,25)26/h2-3,22H,4-9H2,1H3,(H3,15,16,18)(H2,17,25,26). The molecule has 14 heteroatoms. The summed E-state index contributed by atoms with van der Waals surface area (Å²) >= 11 is 0. The smallest absolute Gasteiger partial charge is 0.240 e. The summed E-state index contributed by atoms with van der Waals surface area (Å²) < 4.78 is 48.8. The number of β-amino-alcohol motifs (C(OH)–C–C–N with tert-alkyl or cyclic N) is 1. The highest BCUT2D eigenvalue weighted by Crippen LogP contribution is 2.33. The molecule has 0 atom stereocenters. The maximum Gasteiger partial charge on any atom is 0.240 e. The maximum atomic E-state index is 12.3. The fraction of sp³-hybridized carbons (Fsp3) is 0.500. The lowest BCUT2D eigenvalue weighted by atomic mass is 10.1. The monoisotopic (exact) mass is 433 g/mol. The highest BCUT2D eigenvalue weighted by molar-refractivity contribution is 7.93. The molecule has 156 valence electrons. The number of piperazine rings is 1. The van der Waals surface area contributed by atoms with E-state index in [1.54, 1.807) is 0 Å². The minimum Gasteiger partial charge on any atom is -0.395 e. The second-order valence-corrected chi connectivity index (χ2v) is 9.72. The molecule has 1 heterocycles. The quantitative estimate of drug-likeness (QED) is 0.172. The number of aliphatic hydroxyl groups excluding tert-OH is 1. The molecule has 0 bridgehead atoms. The van der Waals surface area contributed by atoms with Crippen molar-refractivity contribution >= 4 is 31.4 Å². The molecule has 12 nitrogen and oxygen atoms in total. The normalized spacial score (nSPS) is 17.0. The Labute approximate surface area is 163 Å². The van der Waals surface area contributed by atoms with E-state index < -0.39 is 35.5 Å².